The largest absolute Gasteiger partial charge is 0.500 e. The van der Waals surface area contributed by atoms with Crippen LogP contribution in [0.25, 0.3) is 0 Å². The molecule has 0 N–H and O–H groups in total. The molecule has 0 radical (unpaired) electrons. The quantitative estimate of drug-likeness (QED) is 0.678. The van der Waals surface area contributed by atoms with E-state index in [1.54, 1.807) is 21.3 Å². The highest BCUT2D eigenvalue weighted by Gasteiger charge is 2.37. The van der Waals surface area contributed by atoms with E-state index in [0.29, 0.717) is 6.61 Å². The minimum absolute atomic E-state index is 0.505. The van der Waals surface area contributed by atoms with E-state index in [-0.39, 0.29) is 0 Å². The number of rotatable bonds is 8. The fourth-order valence-corrected chi connectivity index (χ4v) is 4.45. The Balaban J connectivity index is 1.96. The Kier molecular flexibility index (Phi) is 6.22. The van der Waals surface area contributed by atoms with E-state index >= 15 is 0 Å². The minimum atomic E-state index is -2.47. The summed E-state index contributed by atoms with van der Waals surface area (Å²) in [6.45, 7) is 4.64. The van der Waals surface area contributed by atoms with E-state index in [1.807, 2.05) is 6.92 Å². The summed E-state index contributed by atoms with van der Waals surface area (Å²) >= 11 is 0. The van der Waals surface area contributed by atoms with Gasteiger partial charge < -0.3 is 22.8 Å². The molecule has 1 atom stereocenters. The predicted octanol–water partition coefficient (Wildman–Crippen LogP) is 3.53. The van der Waals surface area contributed by atoms with Crippen LogP contribution in [0.1, 0.15) is 37.8 Å². The lowest BCUT2D eigenvalue weighted by Crippen LogP contribution is -2.42. The van der Waals surface area contributed by atoms with Crippen LogP contribution in [0.5, 0.6) is 5.75 Å². The van der Waals surface area contributed by atoms with E-state index in [2.05, 4.69) is 25.1 Å². The van der Waals surface area contributed by atoms with E-state index in [1.165, 1.54) is 5.56 Å². The summed E-state index contributed by atoms with van der Waals surface area (Å²) in [7, 11) is 2.48. The lowest BCUT2D eigenvalue weighted by atomic mass is 10.0. The first-order chi connectivity index (χ1) is 11.0. The summed E-state index contributed by atoms with van der Waals surface area (Å²) in [5.41, 5.74) is 2.38. The average Bonchev–Trinajstić information content (AvgIpc) is 2.59. The summed E-state index contributed by atoms with van der Waals surface area (Å²) in [6, 6.07) is 7.14. The topological polar surface area (TPSA) is 46.2 Å². The van der Waals surface area contributed by atoms with Gasteiger partial charge in [0.1, 0.15) is 5.75 Å². The first kappa shape index (κ1) is 18.4. The van der Waals surface area contributed by atoms with Crippen LogP contribution in [0.15, 0.2) is 18.2 Å². The molecule has 0 aliphatic carbocycles. The number of benzene rings is 1. The van der Waals surface area contributed by atoms with Gasteiger partial charge in [0.2, 0.25) is 5.79 Å². The zero-order chi connectivity index (χ0) is 16.9. The molecule has 0 bridgehead atoms. The van der Waals surface area contributed by atoms with Gasteiger partial charge in [-0.2, -0.15) is 0 Å². The third-order valence-corrected chi connectivity index (χ3v) is 7.34. The maximum absolute atomic E-state index is 5.96. The van der Waals surface area contributed by atoms with Crippen LogP contribution in [-0.4, -0.2) is 35.9 Å². The summed E-state index contributed by atoms with van der Waals surface area (Å²) < 4.78 is 28.2. The molecule has 0 spiro atoms. The normalized spacial score (nSPS) is 20.9. The molecular weight excluding hydrogens is 312 g/mol. The van der Waals surface area contributed by atoms with Gasteiger partial charge in [0, 0.05) is 46.3 Å². The molecule has 130 valence electrons. The predicted molar refractivity (Wildman–Crippen MR) is 90.5 cm³/mol. The van der Waals surface area contributed by atoms with Gasteiger partial charge in [-0.15, -0.1) is 0 Å². The van der Waals surface area contributed by atoms with Gasteiger partial charge in [0.15, 0.2) is 0 Å². The van der Waals surface area contributed by atoms with Crippen LogP contribution < -0.4 is 4.74 Å². The van der Waals surface area contributed by atoms with Gasteiger partial charge in [0.05, 0.1) is 6.61 Å². The minimum Gasteiger partial charge on any atom is -0.462 e. The van der Waals surface area contributed by atoms with Gasteiger partial charge in [0.25, 0.3) is 0 Å². The second kappa shape index (κ2) is 7.77. The molecular formula is C17H28O5Si. The van der Waals surface area contributed by atoms with Crippen molar-refractivity contribution in [2.45, 2.75) is 51.5 Å². The molecule has 1 aliphatic heterocycles. The molecule has 6 heteroatoms. The highest BCUT2D eigenvalue weighted by molar-refractivity contribution is 6.60. The maximum Gasteiger partial charge on any atom is 0.500 e. The second-order valence-corrected chi connectivity index (χ2v) is 9.06. The number of ether oxygens (including phenoxy) is 2. The number of hydrogen-bond donors (Lipinski definition) is 0. The van der Waals surface area contributed by atoms with Crippen molar-refractivity contribution in [1.82, 2.24) is 0 Å². The Morgan fingerprint density at radius 3 is 2.48 bits per heavy atom. The molecule has 1 heterocycles. The number of hydrogen-bond acceptors (Lipinski definition) is 5. The highest BCUT2D eigenvalue weighted by Crippen LogP contribution is 2.33. The van der Waals surface area contributed by atoms with E-state index < -0.39 is 14.6 Å². The van der Waals surface area contributed by atoms with Gasteiger partial charge >= 0.3 is 8.80 Å². The summed E-state index contributed by atoms with van der Waals surface area (Å²) in [6.07, 6.45) is 2.73. The molecule has 0 fully saturated rings. The molecule has 0 aromatic heterocycles. The third-order valence-electron chi connectivity index (χ3n) is 4.51. The molecule has 23 heavy (non-hydrogen) atoms. The Morgan fingerprint density at radius 1 is 1.17 bits per heavy atom. The molecule has 1 aliphatic rings. The maximum atomic E-state index is 5.96. The lowest BCUT2D eigenvalue weighted by molar-refractivity contribution is -0.194. The van der Waals surface area contributed by atoms with Crippen molar-refractivity contribution < 1.29 is 22.8 Å². The average molecular weight is 340 g/mol. The molecule has 1 aromatic rings. The van der Waals surface area contributed by atoms with Crippen LogP contribution in [0, 0.1) is 0 Å². The van der Waals surface area contributed by atoms with Crippen LogP contribution in [0.3, 0.4) is 0 Å². The van der Waals surface area contributed by atoms with Gasteiger partial charge in [-0.05, 0) is 30.5 Å². The van der Waals surface area contributed by atoms with E-state index in [0.717, 1.165) is 36.6 Å². The zero-order valence-electron chi connectivity index (χ0n) is 14.8. The van der Waals surface area contributed by atoms with Crippen molar-refractivity contribution in [2.75, 3.05) is 21.3 Å². The zero-order valence-corrected chi connectivity index (χ0v) is 15.8. The number of fused-ring (bicyclic) bond motifs is 1. The summed E-state index contributed by atoms with van der Waals surface area (Å²) in [5, 5.41) is 0. The number of aryl methyl sites for hydroxylation is 1. The standard InChI is InChI=1S/C17H28O5Si/c1-6-17(2)21-13-15-12-14(9-10-16(15)22-17)8-7-11-23(18-3,19-4)20-5/h9-10,12H,6-8,11,13H2,1-5H3. The molecule has 1 unspecified atom stereocenters. The molecule has 1 aromatic carbocycles. The SMILES string of the molecule is CCC1(C)OCc2cc(CCC[Si](OC)(OC)OC)ccc2O1. The van der Waals surface area contributed by atoms with Crippen LogP contribution in [-0.2, 0) is 31.0 Å². The van der Waals surface area contributed by atoms with Crippen molar-refractivity contribution >= 4 is 8.80 Å². The summed E-state index contributed by atoms with van der Waals surface area (Å²) in [5.74, 6) is 0.425. The Labute approximate surface area is 140 Å². The molecule has 0 amide bonds. The fraction of sp³-hybridized carbons (Fsp3) is 0.647. The smallest absolute Gasteiger partial charge is 0.462 e. The van der Waals surface area contributed by atoms with Crippen molar-refractivity contribution in [3.63, 3.8) is 0 Å². The van der Waals surface area contributed by atoms with Crippen LogP contribution >= 0.6 is 0 Å². The van der Waals surface area contributed by atoms with Gasteiger partial charge in [-0.25, -0.2) is 0 Å². The van der Waals surface area contributed by atoms with Crippen molar-refractivity contribution in [2.24, 2.45) is 0 Å². The second-order valence-electron chi connectivity index (χ2n) is 5.97. The molecule has 2 rings (SSSR count). The first-order valence-electron chi connectivity index (χ1n) is 8.10. The molecule has 0 saturated heterocycles. The summed E-state index contributed by atoms with van der Waals surface area (Å²) in [4.78, 5) is 0. The van der Waals surface area contributed by atoms with Gasteiger partial charge in [-0.1, -0.05) is 13.0 Å². The lowest BCUT2D eigenvalue weighted by Gasteiger charge is -2.35. The molecule has 5 nitrogen and oxygen atoms in total. The third kappa shape index (κ3) is 4.33. The Morgan fingerprint density at radius 2 is 1.87 bits per heavy atom. The van der Waals surface area contributed by atoms with Crippen molar-refractivity contribution in [1.29, 1.82) is 0 Å². The van der Waals surface area contributed by atoms with E-state index in [4.69, 9.17) is 22.8 Å². The first-order valence-corrected chi connectivity index (χ1v) is 10.0. The monoisotopic (exact) mass is 340 g/mol. The van der Waals surface area contributed by atoms with Crippen LogP contribution in [0.4, 0.5) is 0 Å². The Bertz CT molecular complexity index is 509. The van der Waals surface area contributed by atoms with E-state index in [9.17, 15) is 0 Å². The molecule has 0 saturated carbocycles. The fourth-order valence-electron chi connectivity index (χ4n) is 2.73. The van der Waals surface area contributed by atoms with Crippen molar-refractivity contribution in [3.05, 3.63) is 29.3 Å². The Hall–Kier alpha value is -0.923. The van der Waals surface area contributed by atoms with Gasteiger partial charge in [-0.3, -0.25) is 0 Å². The van der Waals surface area contributed by atoms with Crippen molar-refractivity contribution in [3.8, 4) is 5.75 Å². The highest BCUT2D eigenvalue weighted by atomic mass is 28.4. The van der Waals surface area contributed by atoms with Crippen LogP contribution in [0.2, 0.25) is 6.04 Å².